The lowest BCUT2D eigenvalue weighted by atomic mass is 9.44. The van der Waals surface area contributed by atoms with Crippen LogP contribution in [0.1, 0.15) is 70.8 Å². The Balaban J connectivity index is 0.862. The van der Waals surface area contributed by atoms with Crippen molar-refractivity contribution in [2.45, 2.75) is 112 Å². The summed E-state index contributed by atoms with van der Waals surface area (Å²) in [6.45, 7) is 5.17. The molecule has 0 spiro atoms. The first-order valence-corrected chi connectivity index (χ1v) is 22.9. The Morgan fingerprint density at radius 1 is 0.939 bits per heavy atom. The van der Waals surface area contributed by atoms with Gasteiger partial charge in [-0.1, -0.05) is 43.3 Å². The molecular weight excluding hydrogens is 879 g/mol. The molecule has 0 bridgehead atoms. The Labute approximate surface area is 383 Å². The summed E-state index contributed by atoms with van der Waals surface area (Å²) < 4.78 is 46.8. The Hall–Kier alpha value is -5.40. The summed E-state index contributed by atoms with van der Waals surface area (Å²) in [7, 11) is 0. The van der Waals surface area contributed by atoms with Gasteiger partial charge in [-0.25, -0.2) is 8.78 Å². The van der Waals surface area contributed by atoms with Crippen LogP contribution in [0.25, 0.3) is 0 Å². The van der Waals surface area contributed by atoms with Crippen molar-refractivity contribution >= 4 is 58.6 Å². The number of alkyl halides is 2. The number of carbonyl (C=O) groups is 7. The van der Waals surface area contributed by atoms with E-state index >= 15 is 8.78 Å². The number of Topliss-reactive ketones (excluding diaryl/α,β-unsaturated/α-hetero) is 1. The number of anilines is 1. The van der Waals surface area contributed by atoms with Gasteiger partial charge >= 0.3 is 0 Å². The minimum Gasteiger partial charge on any atom is -0.390 e. The first-order valence-electron chi connectivity index (χ1n) is 21.9. The number of rotatable bonds is 14. The van der Waals surface area contributed by atoms with Crippen molar-refractivity contribution in [1.82, 2.24) is 15.5 Å². The van der Waals surface area contributed by atoms with Gasteiger partial charge in [-0.05, 0) is 87.4 Å². The number of aliphatic hydroxyl groups excluding tert-OH is 2. The van der Waals surface area contributed by atoms with Gasteiger partial charge in [0.15, 0.2) is 29.1 Å². The van der Waals surface area contributed by atoms with Crippen LogP contribution < -0.4 is 16.0 Å². The zero-order valence-corrected chi connectivity index (χ0v) is 37.6. The minimum atomic E-state index is -2.35. The fourth-order valence-electron chi connectivity index (χ4n) is 11.2. The second-order valence-corrected chi connectivity index (χ2v) is 19.5. The molecule has 350 valence electrons. The lowest BCUT2D eigenvalue weighted by molar-refractivity contribution is -0.235. The number of amides is 5. The number of nitrogens with one attached hydrogen (secondary N) is 3. The molecule has 1 unspecified atom stereocenters. The van der Waals surface area contributed by atoms with Crippen LogP contribution in [0.5, 0.6) is 0 Å². The molecule has 5 N–H and O–H groups in total. The highest BCUT2D eigenvalue weighted by atomic mass is 32.2. The molecule has 1 saturated heterocycles. The van der Waals surface area contributed by atoms with Crippen LogP contribution in [-0.4, -0.2) is 111 Å². The molecule has 4 fully saturated rings. The third-order valence-electron chi connectivity index (χ3n) is 14.7. The molecule has 0 radical (unpaired) electrons. The van der Waals surface area contributed by atoms with E-state index in [0.717, 1.165) is 33.6 Å². The first kappa shape index (κ1) is 47.1. The molecule has 5 amide bonds. The number of imide groups is 1. The van der Waals surface area contributed by atoms with Gasteiger partial charge in [0.25, 0.3) is 11.8 Å². The lowest BCUT2D eigenvalue weighted by Crippen LogP contribution is -2.70. The van der Waals surface area contributed by atoms with Gasteiger partial charge in [0, 0.05) is 63.8 Å². The van der Waals surface area contributed by atoms with E-state index in [1.165, 1.54) is 44.7 Å². The first-order chi connectivity index (χ1) is 31.2. The highest BCUT2D eigenvalue weighted by Crippen LogP contribution is 2.72. The smallest absolute Gasteiger partial charge is 0.253 e. The van der Waals surface area contributed by atoms with Crippen molar-refractivity contribution in [1.29, 1.82) is 0 Å². The molecule has 2 aromatic carbocycles. The minimum absolute atomic E-state index is 0.000658. The summed E-state index contributed by atoms with van der Waals surface area (Å²) >= 11 is 1.50. The maximum Gasteiger partial charge on any atom is 0.253 e. The SMILES string of the molecule is C[C@H](NC(=O)CCN1C(=O)C=CC1=O)C(=O)N[C@@H](C)C(=O)Nc1cccc(SCc2ccc([C@@H]3O[C@@H]4CC5[C@@H]6C[C@H](F)C7=CC(=O)C=C[C@]7(C)[C@@]6(F)[C@@H](O)C[C@]5(C)[C@]4(C(=O)CO)O3)cc2)c1. The van der Waals surface area contributed by atoms with E-state index in [-0.39, 0.29) is 37.8 Å². The number of hydrogen-bond donors (Lipinski definition) is 5. The van der Waals surface area contributed by atoms with Crippen molar-refractivity contribution in [3.63, 3.8) is 0 Å². The third-order valence-corrected chi connectivity index (χ3v) is 15.7. The summed E-state index contributed by atoms with van der Waals surface area (Å²) in [6.07, 6.45) is 0.0819. The van der Waals surface area contributed by atoms with Crippen LogP contribution in [0.3, 0.4) is 0 Å². The van der Waals surface area contributed by atoms with Gasteiger partial charge in [0.2, 0.25) is 17.7 Å². The van der Waals surface area contributed by atoms with E-state index in [9.17, 15) is 43.8 Å². The van der Waals surface area contributed by atoms with E-state index in [2.05, 4.69) is 16.0 Å². The number of nitrogens with zero attached hydrogens (tertiary/aromatic N) is 1. The Kier molecular flexibility index (Phi) is 12.6. The Morgan fingerprint density at radius 2 is 1.64 bits per heavy atom. The van der Waals surface area contributed by atoms with E-state index in [4.69, 9.17) is 9.47 Å². The largest absolute Gasteiger partial charge is 0.390 e. The molecule has 2 aromatic rings. The van der Waals surface area contributed by atoms with Crippen molar-refractivity contribution in [3.05, 3.63) is 95.6 Å². The van der Waals surface area contributed by atoms with Gasteiger partial charge in [0.1, 0.15) is 24.9 Å². The number of allylic oxidation sites excluding steroid dienone is 4. The second-order valence-electron chi connectivity index (χ2n) is 18.5. The standard InChI is InChI=1S/C48H52F2N4O11S/c1-25(51-39(59)15-17-54-40(60)12-13-41(54)61)42(62)52-26(2)43(63)53-29-6-5-7-31(18-29)66-24-27-8-10-28(11-9-27)44-64-38-21-32-33-20-35(49)34-19-30(56)14-16-45(34,3)47(33,50)36(57)22-46(32,4)48(38,65-44)37(58)23-55/h5-14,16,18-19,25-26,32-33,35-36,38,44,55,57H,15,17,20-24H2,1-4H3,(H,51,59)(H,52,62)(H,53,63)/t25-,26-,32?,33-,35-,36-,38+,44+,45-,46-,47-,48+/m0/s1. The van der Waals surface area contributed by atoms with Gasteiger partial charge in [-0.3, -0.25) is 38.5 Å². The maximum absolute atomic E-state index is 17.7. The van der Waals surface area contributed by atoms with E-state index in [1.807, 2.05) is 18.2 Å². The average molecular weight is 931 g/mol. The van der Waals surface area contributed by atoms with E-state index < -0.39 is 118 Å². The number of carbonyl (C=O) groups excluding carboxylic acids is 7. The number of aliphatic hydroxyl groups is 2. The van der Waals surface area contributed by atoms with Crippen LogP contribution in [0, 0.1) is 22.7 Å². The summed E-state index contributed by atoms with van der Waals surface area (Å²) in [5, 5.41) is 30.0. The molecule has 2 heterocycles. The number of halogens is 2. The zero-order chi connectivity index (χ0) is 47.5. The lowest BCUT2D eigenvalue weighted by Gasteiger charge is -2.63. The van der Waals surface area contributed by atoms with Crippen LogP contribution in [0.15, 0.2) is 89.4 Å². The number of hydrogen-bond acceptors (Lipinski definition) is 12. The fraction of sp³-hybridized carbons (Fsp3) is 0.479. The van der Waals surface area contributed by atoms with Gasteiger partial charge < -0.3 is 35.6 Å². The number of thioether (sulfide) groups is 1. The van der Waals surface area contributed by atoms with Crippen LogP contribution in [0.4, 0.5) is 14.5 Å². The quantitative estimate of drug-likeness (QED) is 0.135. The van der Waals surface area contributed by atoms with E-state index in [0.29, 0.717) is 17.0 Å². The number of benzene rings is 2. The summed E-state index contributed by atoms with van der Waals surface area (Å²) in [5.41, 5.74) is -4.94. The molecule has 12 atom stereocenters. The Bertz CT molecular complexity index is 2450. The van der Waals surface area contributed by atoms with Crippen molar-refractivity contribution in [3.8, 4) is 0 Å². The average Bonchev–Trinajstić information content (AvgIpc) is 3.91. The summed E-state index contributed by atoms with van der Waals surface area (Å²) in [6, 6.07) is 12.5. The summed E-state index contributed by atoms with van der Waals surface area (Å²) in [4.78, 5) is 89.4. The highest BCUT2D eigenvalue weighted by molar-refractivity contribution is 7.98. The molecule has 6 aliphatic rings. The van der Waals surface area contributed by atoms with Crippen LogP contribution in [0.2, 0.25) is 0 Å². The normalized spacial score (nSPS) is 33.8. The number of ketones is 2. The molecule has 0 aromatic heterocycles. The molecule has 4 aliphatic carbocycles. The van der Waals surface area contributed by atoms with Gasteiger partial charge in [-0.15, -0.1) is 11.8 Å². The van der Waals surface area contributed by atoms with Crippen LogP contribution >= 0.6 is 11.8 Å². The van der Waals surface area contributed by atoms with Gasteiger partial charge in [0.05, 0.1) is 12.2 Å². The molecule has 8 rings (SSSR count). The molecular formula is C48H52F2N4O11S. The Morgan fingerprint density at radius 3 is 2.33 bits per heavy atom. The molecule has 15 nitrogen and oxygen atoms in total. The third kappa shape index (κ3) is 7.83. The predicted octanol–water partition coefficient (Wildman–Crippen LogP) is 3.88. The van der Waals surface area contributed by atoms with Crippen LogP contribution in [-0.2, 0) is 48.8 Å². The van der Waals surface area contributed by atoms with Crippen molar-refractivity contribution < 1.29 is 62.0 Å². The zero-order valence-electron chi connectivity index (χ0n) is 36.8. The highest BCUT2D eigenvalue weighted by Gasteiger charge is 2.80. The van der Waals surface area contributed by atoms with E-state index in [1.54, 1.807) is 37.3 Å². The molecule has 66 heavy (non-hydrogen) atoms. The monoisotopic (exact) mass is 930 g/mol. The van der Waals surface area contributed by atoms with Gasteiger partial charge in [-0.2, -0.15) is 0 Å². The van der Waals surface area contributed by atoms with Crippen molar-refractivity contribution in [2.75, 3.05) is 18.5 Å². The number of ether oxygens (including phenoxy) is 2. The number of fused-ring (bicyclic) bond motifs is 7. The fourth-order valence-corrected chi connectivity index (χ4v) is 12.1. The molecule has 3 saturated carbocycles. The molecule has 18 heteroatoms. The maximum atomic E-state index is 17.7. The second kappa shape index (κ2) is 17.7. The van der Waals surface area contributed by atoms with Crippen molar-refractivity contribution in [2.24, 2.45) is 22.7 Å². The summed E-state index contributed by atoms with van der Waals surface area (Å²) in [5.74, 6) is -4.98. The predicted molar refractivity (Wildman–Crippen MR) is 234 cm³/mol. The molecule has 2 aliphatic heterocycles. The topological polar surface area (TPSA) is 218 Å².